The van der Waals surface area contributed by atoms with Gasteiger partial charge in [0.05, 0.1) is 0 Å². The van der Waals surface area contributed by atoms with Crippen LogP contribution in [0.3, 0.4) is 0 Å². The molecule has 7 nitrogen and oxygen atoms in total. The van der Waals surface area contributed by atoms with Gasteiger partial charge in [0.25, 0.3) is 0 Å². The topological polar surface area (TPSA) is 80.5 Å². The van der Waals surface area contributed by atoms with E-state index in [0.29, 0.717) is 18.8 Å². The molecule has 0 saturated carbocycles. The number of anilines is 1. The van der Waals surface area contributed by atoms with Crippen LogP contribution in [0, 0.1) is 5.82 Å². The van der Waals surface area contributed by atoms with Crippen molar-refractivity contribution >= 4 is 28.5 Å². The van der Waals surface area contributed by atoms with E-state index in [0.717, 1.165) is 47.0 Å². The largest absolute Gasteiger partial charge is 0.361 e. The molecule has 3 amide bonds. The SMILES string of the molecule is C[C@H](c1c[nH]c2ccccc12)[C@@H](NC(=O)N1CCC(c2cccc(F)c2)CC1)C(=O)Nc1cccc(CN(C)C)c1. The van der Waals surface area contributed by atoms with E-state index in [1.54, 1.807) is 17.0 Å². The fraction of sp³-hybridized carbons (Fsp3) is 0.333. The summed E-state index contributed by atoms with van der Waals surface area (Å²) in [5.74, 6) is -0.610. The van der Waals surface area contributed by atoms with Crippen LogP contribution in [-0.4, -0.2) is 59.9 Å². The Morgan fingerprint density at radius 2 is 1.78 bits per heavy atom. The number of aromatic nitrogens is 1. The second kappa shape index (κ2) is 12.6. The molecule has 0 bridgehead atoms. The van der Waals surface area contributed by atoms with Gasteiger partial charge < -0.3 is 25.4 Å². The number of halogens is 1. The van der Waals surface area contributed by atoms with Crippen LogP contribution in [0.25, 0.3) is 10.9 Å². The minimum atomic E-state index is -0.805. The van der Waals surface area contributed by atoms with Crippen molar-refractivity contribution in [2.75, 3.05) is 32.5 Å². The first-order valence-corrected chi connectivity index (χ1v) is 14.2. The highest BCUT2D eigenvalue weighted by Crippen LogP contribution is 2.30. The Labute approximate surface area is 240 Å². The average Bonchev–Trinajstić information content (AvgIpc) is 3.39. The number of hydrogen-bond donors (Lipinski definition) is 3. The molecule has 0 aliphatic carbocycles. The molecule has 3 N–H and O–H groups in total. The van der Waals surface area contributed by atoms with Crippen LogP contribution in [0.5, 0.6) is 0 Å². The molecule has 3 aromatic carbocycles. The number of H-pyrrole nitrogens is 1. The van der Waals surface area contributed by atoms with Crippen molar-refractivity contribution in [1.82, 2.24) is 20.1 Å². The highest BCUT2D eigenvalue weighted by atomic mass is 19.1. The number of para-hydroxylation sites is 1. The molecule has 0 spiro atoms. The molecule has 1 aliphatic heterocycles. The molecular formula is C33H38FN5O2. The van der Waals surface area contributed by atoms with Gasteiger partial charge in [-0.15, -0.1) is 0 Å². The van der Waals surface area contributed by atoms with Gasteiger partial charge in [-0.1, -0.05) is 49.4 Å². The second-order valence-electron chi connectivity index (χ2n) is 11.2. The smallest absolute Gasteiger partial charge is 0.318 e. The van der Waals surface area contributed by atoms with Crippen LogP contribution < -0.4 is 10.6 Å². The van der Waals surface area contributed by atoms with Crippen LogP contribution in [0.2, 0.25) is 0 Å². The molecule has 0 radical (unpaired) electrons. The summed E-state index contributed by atoms with van der Waals surface area (Å²) in [5.41, 5.74) is 4.68. The predicted octanol–water partition coefficient (Wildman–Crippen LogP) is 6.07. The van der Waals surface area contributed by atoms with E-state index in [-0.39, 0.29) is 29.6 Å². The zero-order valence-electron chi connectivity index (χ0n) is 23.9. The summed E-state index contributed by atoms with van der Waals surface area (Å²) in [5, 5.41) is 7.14. The summed E-state index contributed by atoms with van der Waals surface area (Å²) >= 11 is 0. The van der Waals surface area contributed by atoms with Crippen LogP contribution >= 0.6 is 0 Å². The van der Waals surface area contributed by atoms with Crippen molar-refractivity contribution in [2.45, 2.75) is 44.2 Å². The number of carbonyl (C=O) groups excluding carboxylic acids is 2. The molecule has 1 aliphatic rings. The third kappa shape index (κ3) is 6.77. The summed E-state index contributed by atoms with van der Waals surface area (Å²) < 4.78 is 13.8. The Morgan fingerprint density at radius 1 is 1.02 bits per heavy atom. The fourth-order valence-corrected chi connectivity index (χ4v) is 5.80. The molecular weight excluding hydrogens is 517 g/mol. The zero-order chi connectivity index (χ0) is 28.9. The highest BCUT2D eigenvalue weighted by Gasteiger charge is 2.32. The van der Waals surface area contributed by atoms with E-state index < -0.39 is 6.04 Å². The Kier molecular flexibility index (Phi) is 8.69. The number of nitrogens with zero attached hydrogens (tertiary/aromatic N) is 2. The van der Waals surface area contributed by atoms with Gasteiger partial charge in [-0.25, -0.2) is 9.18 Å². The average molecular weight is 556 g/mol. The fourth-order valence-electron chi connectivity index (χ4n) is 5.80. The summed E-state index contributed by atoms with van der Waals surface area (Å²) in [4.78, 5) is 34.5. The molecule has 1 fully saturated rings. The number of fused-ring (bicyclic) bond motifs is 1. The molecule has 2 atom stereocenters. The molecule has 41 heavy (non-hydrogen) atoms. The molecule has 5 rings (SSSR count). The van der Waals surface area contributed by atoms with Gasteiger partial charge in [0, 0.05) is 48.3 Å². The minimum absolute atomic E-state index is 0.202. The van der Waals surface area contributed by atoms with E-state index in [9.17, 15) is 14.0 Å². The standard InChI is InChI=1S/C33H38FN5O2/c1-22(29-20-35-30-13-5-4-12-28(29)30)31(32(40)36-27-11-6-8-23(18-27)21-38(2)3)37-33(41)39-16-14-24(15-17-39)25-9-7-10-26(34)19-25/h4-13,18-20,22,24,31,35H,14-17,21H2,1-3H3,(H,36,40)(H,37,41)/t22-,31-/m1/s1. The molecule has 2 heterocycles. The number of nitrogens with one attached hydrogen (secondary N) is 3. The van der Waals surface area contributed by atoms with Crippen molar-refractivity contribution in [3.63, 3.8) is 0 Å². The molecule has 8 heteroatoms. The third-order valence-electron chi connectivity index (χ3n) is 7.97. The lowest BCUT2D eigenvalue weighted by Gasteiger charge is -2.34. The quantitative estimate of drug-likeness (QED) is 0.247. The van der Waals surface area contributed by atoms with E-state index in [1.807, 2.05) is 81.8 Å². The van der Waals surface area contributed by atoms with Crippen LogP contribution in [0.4, 0.5) is 14.9 Å². The van der Waals surface area contributed by atoms with E-state index >= 15 is 0 Å². The maximum atomic E-state index is 13.8. The van der Waals surface area contributed by atoms with Crippen LogP contribution in [0.1, 0.15) is 48.3 Å². The molecule has 1 aromatic heterocycles. The lowest BCUT2D eigenvalue weighted by molar-refractivity contribution is -0.118. The van der Waals surface area contributed by atoms with Gasteiger partial charge in [-0.2, -0.15) is 0 Å². The first-order chi connectivity index (χ1) is 19.8. The minimum Gasteiger partial charge on any atom is -0.361 e. The number of rotatable bonds is 8. The molecule has 4 aromatic rings. The Hall–Kier alpha value is -4.17. The molecule has 214 valence electrons. The van der Waals surface area contributed by atoms with Gasteiger partial charge in [-0.05, 0) is 79.9 Å². The van der Waals surface area contributed by atoms with Crippen molar-refractivity contribution in [3.8, 4) is 0 Å². The number of amides is 3. The third-order valence-corrected chi connectivity index (χ3v) is 7.97. The maximum absolute atomic E-state index is 13.8. The Bertz CT molecular complexity index is 1510. The van der Waals surface area contributed by atoms with Gasteiger partial charge >= 0.3 is 6.03 Å². The molecule has 0 unspecified atom stereocenters. The summed E-state index contributed by atoms with van der Waals surface area (Å²) in [6.07, 6.45) is 3.40. The molecule has 1 saturated heterocycles. The highest BCUT2D eigenvalue weighted by molar-refractivity contribution is 5.98. The maximum Gasteiger partial charge on any atom is 0.318 e. The van der Waals surface area contributed by atoms with E-state index in [2.05, 4.69) is 20.5 Å². The van der Waals surface area contributed by atoms with E-state index in [1.165, 1.54) is 6.07 Å². The van der Waals surface area contributed by atoms with Crippen molar-refractivity contribution < 1.29 is 14.0 Å². The number of likely N-dealkylation sites (tertiary alicyclic amines) is 1. The first-order valence-electron chi connectivity index (χ1n) is 14.2. The zero-order valence-corrected chi connectivity index (χ0v) is 23.9. The van der Waals surface area contributed by atoms with Crippen molar-refractivity contribution in [3.05, 3.63) is 102 Å². The summed E-state index contributed by atoms with van der Waals surface area (Å²) in [6.45, 7) is 3.80. The normalized spacial score (nSPS) is 15.6. The lowest BCUT2D eigenvalue weighted by Crippen LogP contribution is -2.53. The summed E-state index contributed by atoms with van der Waals surface area (Å²) in [7, 11) is 4.00. The van der Waals surface area contributed by atoms with Gasteiger partial charge in [0.2, 0.25) is 5.91 Å². The number of urea groups is 1. The lowest BCUT2D eigenvalue weighted by atomic mass is 9.89. The Balaban J connectivity index is 1.33. The van der Waals surface area contributed by atoms with Gasteiger partial charge in [-0.3, -0.25) is 4.79 Å². The van der Waals surface area contributed by atoms with Crippen LogP contribution in [-0.2, 0) is 11.3 Å². The number of aromatic amines is 1. The second-order valence-corrected chi connectivity index (χ2v) is 11.2. The van der Waals surface area contributed by atoms with E-state index in [4.69, 9.17) is 0 Å². The van der Waals surface area contributed by atoms with Gasteiger partial charge in [0.15, 0.2) is 0 Å². The number of benzene rings is 3. The van der Waals surface area contributed by atoms with Crippen molar-refractivity contribution in [1.29, 1.82) is 0 Å². The predicted molar refractivity (Wildman–Crippen MR) is 161 cm³/mol. The van der Waals surface area contributed by atoms with Gasteiger partial charge in [0.1, 0.15) is 11.9 Å². The first kappa shape index (κ1) is 28.4. The number of hydrogen-bond acceptors (Lipinski definition) is 3. The summed E-state index contributed by atoms with van der Waals surface area (Å²) in [6, 6.07) is 21.4. The van der Waals surface area contributed by atoms with Crippen molar-refractivity contribution in [2.24, 2.45) is 0 Å². The number of piperidine rings is 1. The van der Waals surface area contributed by atoms with Crippen LogP contribution in [0.15, 0.2) is 79.0 Å². The monoisotopic (exact) mass is 555 g/mol. The number of carbonyl (C=O) groups is 2. The Morgan fingerprint density at radius 3 is 2.54 bits per heavy atom.